The van der Waals surface area contributed by atoms with Crippen LogP contribution in [0.3, 0.4) is 0 Å². The number of aromatic nitrogens is 2. The monoisotopic (exact) mass is 259 g/mol. The van der Waals surface area contributed by atoms with Crippen molar-refractivity contribution in [2.24, 2.45) is 16.7 Å². The average molecular weight is 259 g/mol. The van der Waals surface area contributed by atoms with E-state index < -0.39 is 0 Å². The highest BCUT2D eigenvalue weighted by Gasteiger charge is 2.58. The maximum Gasteiger partial charge on any atom is 0.0724 e. The Balaban J connectivity index is 1.71. The van der Waals surface area contributed by atoms with E-state index in [0.29, 0.717) is 16.9 Å². The lowest BCUT2D eigenvalue weighted by Gasteiger charge is -2.43. The Morgan fingerprint density at radius 1 is 1.26 bits per heavy atom. The summed E-state index contributed by atoms with van der Waals surface area (Å²) in [5.74, 6) is 0.888. The Bertz CT molecular complexity index is 461. The molecule has 0 aliphatic heterocycles. The molecule has 2 aliphatic carbocycles. The predicted octanol–water partition coefficient (Wildman–Crippen LogP) is 3.09. The fourth-order valence-electron chi connectivity index (χ4n) is 4.53. The smallest absolute Gasteiger partial charge is 0.0724 e. The van der Waals surface area contributed by atoms with Gasteiger partial charge in [0.25, 0.3) is 0 Å². The number of hydrogen-bond donors (Lipinski definition) is 1. The van der Waals surface area contributed by atoms with Gasteiger partial charge in [0, 0.05) is 25.0 Å². The first kappa shape index (κ1) is 13.0. The maximum absolute atomic E-state index is 4.45. The van der Waals surface area contributed by atoms with Crippen LogP contribution in [0.1, 0.15) is 51.4 Å². The fourth-order valence-corrected chi connectivity index (χ4v) is 4.53. The molecular formula is C16H25N3. The van der Waals surface area contributed by atoms with E-state index in [1.54, 1.807) is 0 Å². The van der Waals surface area contributed by atoms with Crippen molar-refractivity contribution in [1.82, 2.24) is 15.3 Å². The van der Waals surface area contributed by atoms with E-state index in [1.165, 1.54) is 19.3 Å². The molecule has 3 heteroatoms. The first-order chi connectivity index (χ1) is 8.92. The molecule has 19 heavy (non-hydrogen) atoms. The van der Waals surface area contributed by atoms with Gasteiger partial charge in [-0.3, -0.25) is 9.97 Å². The van der Waals surface area contributed by atoms with Crippen molar-refractivity contribution in [3.8, 4) is 0 Å². The van der Waals surface area contributed by atoms with E-state index in [0.717, 1.165) is 23.9 Å². The summed E-state index contributed by atoms with van der Waals surface area (Å²) in [5.41, 5.74) is 2.92. The molecule has 0 aromatic carbocycles. The number of nitrogens with one attached hydrogen (secondary N) is 1. The highest BCUT2D eigenvalue weighted by Crippen LogP contribution is 2.62. The van der Waals surface area contributed by atoms with E-state index in [2.05, 4.69) is 36.1 Å². The Morgan fingerprint density at radius 2 is 2.05 bits per heavy atom. The lowest BCUT2D eigenvalue weighted by atomic mass is 9.68. The molecule has 3 nitrogen and oxygen atoms in total. The molecule has 0 spiro atoms. The molecule has 2 saturated carbocycles. The van der Waals surface area contributed by atoms with E-state index >= 15 is 0 Å². The van der Waals surface area contributed by atoms with Crippen molar-refractivity contribution in [3.05, 3.63) is 23.8 Å². The molecule has 0 amide bonds. The Labute approximate surface area is 116 Å². The van der Waals surface area contributed by atoms with Gasteiger partial charge in [0.1, 0.15) is 0 Å². The van der Waals surface area contributed by atoms with Crippen molar-refractivity contribution in [2.45, 2.75) is 59.5 Å². The molecule has 1 heterocycles. The molecule has 2 bridgehead atoms. The van der Waals surface area contributed by atoms with Crippen molar-refractivity contribution < 1.29 is 0 Å². The lowest BCUT2D eigenvalue weighted by Crippen LogP contribution is -2.50. The van der Waals surface area contributed by atoms with Crippen LogP contribution >= 0.6 is 0 Å². The van der Waals surface area contributed by atoms with Gasteiger partial charge in [-0.1, -0.05) is 20.8 Å². The zero-order valence-electron chi connectivity index (χ0n) is 12.5. The molecule has 2 fully saturated rings. The van der Waals surface area contributed by atoms with Gasteiger partial charge < -0.3 is 5.32 Å². The highest BCUT2D eigenvalue weighted by molar-refractivity contribution is 5.12. The van der Waals surface area contributed by atoms with Gasteiger partial charge in [-0.05, 0) is 42.9 Å². The molecule has 1 aromatic rings. The molecule has 0 radical (unpaired) electrons. The van der Waals surface area contributed by atoms with Crippen molar-refractivity contribution in [1.29, 1.82) is 0 Å². The van der Waals surface area contributed by atoms with Crippen LogP contribution in [-0.2, 0) is 6.54 Å². The topological polar surface area (TPSA) is 37.8 Å². The van der Waals surface area contributed by atoms with Gasteiger partial charge in [0.2, 0.25) is 0 Å². The molecule has 104 valence electrons. The Kier molecular flexibility index (Phi) is 2.93. The minimum absolute atomic E-state index is 0.408. The molecule has 2 aliphatic rings. The summed E-state index contributed by atoms with van der Waals surface area (Å²) >= 11 is 0. The summed E-state index contributed by atoms with van der Waals surface area (Å²) in [6.07, 6.45) is 7.91. The number of aryl methyl sites for hydroxylation is 1. The molecule has 1 N–H and O–H groups in total. The first-order valence-electron chi connectivity index (χ1n) is 7.43. The molecule has 3 rings (SSSR count). The van der Waals surface area contributed by atoms with Gasteiger partial charge in [0.15, 0.2) is 0 Å². The maximum atomic E-state index is 4.45. The minimum Gasteiger partial charge on any atom is -0.307 e. The second-order valence-corrected chi connectivity index (χ2v) is 7.38. The van der Waals surface area contributed by atoms with Gasteiger partial charge in [0.05, 0.1) is 11.4 Å². The third-order valence-electron chi connectivity index (χ3n) is 5.59. The molecule has 3 atom stereocenters. The third kappa shape index (κ3) is 2.08. The SMILES string of the molecule is Cc1cnc(CNC2C(C)(C)[C@H]3CC[C@]2(C)C3)cn1. The van der Waals surface area contributed by atoms with E-state index in [1.807, 2.05) is 19.3 Å². The van der Waals surface area contributed by atoms with Gasteiger partial charge >= 0.3 is 0 Å². The Morgan fingerprint density at radius 3 is 2.63 bits per heavy atom. The molecule has 1 unspecified atom stereocenters. The average Bonchev–Trinajstić information content (AvgIpc) is 2.82. The number of nitrogens with zero attached hydrogens (tertiary/aromatic N) is 2. The molecular weight excluding hydrogens is 234 g/mol. The number of hydrogen-bond acceptors (Lipinski definition) is 3. The van der Waals surface area contributed by atoms with E-state index in [9.17, 15) is 0 Å². The largest absolute Gasteiger partial charge is 0.307 e. The van der Waals surface area contributed by atoms with Crippen LogP contribution in [0.15, 0.2) is 12.4 Å². The van der Waals surface area contributed by atoms with Crippen molar-refractivity contribution in [2.75, 3.05) is 0 Å². The van der Waals surface area contributed by atoms with Gasteiger partial charge in [-0.15, -0.1) is 0 Å². The minimum atomic E-state index is 0.408. The predicted molar refractivity (Wildman–Crippen MR) is 76.6 cm³/mol. The van der Waals surface area contributed by atoms with Crippen LogP contribution in [0.25, 0.3) is 0 Å². The van der Waals surface area contributed by atoms with Crippen LogP contribution in [-0.4, -0.2) is 16.0 Å². The first-order valence-corrected chi connectivity index (χ1v) is 7.43. The van der Waals surface area contributed by atoms with E-state index in [4.69, 9.17) is 0 Å². The quantitative estimate of drug-likeness (QED) is 0.906. The Hall–Kier alpha value is -0.960. The second kappa shape index (κ2) is 4.27. The standard InChI is InChI=1S/C16H25N3/c1-11-8-18-13(9-17-11)10-19-14-15(2,3)12-5-6-16(14,4)7-12/h8-9,12,14,19H,5-7,10H2,1-4H3/t12-,14?,16+/m0/s1. The summed E-state index contributed by atoms with van der Waals surface area (Å²) in [4.78, 5) is 8.77. The van der Waals surface area contributed by atoms with Crippen molar-refractivity contribution in [3.63, 3.8) is 0 Å². The zero-order chi connectivity index (χ0) is 13.7. The lowest BCUT2D eigenvalue weighted by molar-refractivity contribution is 0.107. The fraction of sp³-hybridized carbons (Fsp3) is 0.750. The second-order valence-electron chi connectivity index (χ2n) is 7.38. The summed E-state index contributed by atoms with van der Waals surface area (Å²) in [5, 5.41) is 3.78. The van der Waals surface area contributed by atoms with Gasteiger partial charge in [-0.25, -0.2) is 0 Å². The summed E-state index contributed by atoms with van der Waals surface area (Å²) < 4.78 is 0. The number of fused-ring (bicyclic) bond motifs is 2. The van der Waals surface area contributed by atoms with Crippen LogP contribution in [0.2, 0.25) is 0 Å². The zero-order valence-corrected chi connectivity index (χ0v) is 12.5. The molecule has 1 aromatic heterocycles. The summed E-state index contributed by atoms with van der Waals surface area (Å²) in [6, 6.07) is 0.599. The van der Waals surface area contributed by atoms with Gasteiger partial charge in [-0.2, -0.15) is 0 Å². The van der Waals surface area contributed by atoms with Crippen LogP contribution < -0.4 is 5.32 Å². The third-order valence-corrected chi connectivity index (χ3v) is 5.59. The number of rotatable bonds is 3. The summed E-state index contributed by atoms with van der Waals surface area (Å²) in [6.45, 7) is 10.1. The normalized spacial score (nSPS) is 35.8. The van der Waals surface area contributed by atoms with Crippen LogP contribution in [0.4, 0.5) is 0 Å². The van der Waals surface area contributed by atoms with Crippen LogP contribution in [0.5, 0.6) is 0 Å². The highest BCUT2D eigenvalue weighted by atomic mass is 15.0. The van der Waals surface area contributed by atoms with E-state index in [-0.39, 0.29) is 0 Å². The summed E-state index contributed by atoms with van der Waals surface area (Å²) in [7, 11) is 0. The van der Waals surface area contributed by atoms with Crippen LogP contribution in [0, 0.1) is 23.7 Å². The molecule has 0 saturated heterocycles. The van der Waals surface area contributed by atoms with Crippen molar-refractivity contribution >= 4 is 0 Å².